The number of benzene rings is 1. The van der Waals surface area contributed by atoms with Gasteiger partial charge in [0.05, 0.1) is 12.8 Å². The Morgan fingerprint density at radius 3 is 2.46 bits per heavy atom. The molecule has 0 aliphatic carbocycles. The first-order valence-electron chi connectivity index (χ1n) is 12.3. The van der Waals surface area contributed by atoms with Gasteiger partial charge in [0.25, 0.3) is 0 Å². The smallest absolute Gasteiger partial charge is 0.408 e. The molecule has 1 saturated heterocycles. The van der Waals surface area contributed by atoms with Crippen molar-refractivity contribution in [3.05, 3.63) is 36.7 Å². The maximum atomic E-state index is 13.7. The number of pyridine rings is 1. The third-order valence-corrected chi connectivity index (χ3v) is 6.27. The maximum Gasteiger partial charge on any atom is 0.408 e. The zero-order valence-corrected chi connectivity index (χ0v) is 22.0. The number of ether oxygens (including phenoxy) is 2. The summed E-state index contributed by atoms with van der Waals surface area (Å²) in [6, 6.07) is 5.64. The molecule has 4 rings (SSSR count). The summed E-state index contributed by atoms with van der Waals surface area (Å²) >= 11 is 0. The molecule has 3 atom stereocenters. The Morgan fingerprint density at radius 1 is 1.08 bits per heavy atom. The minimum Gasteiger partial charge on any atom is -0.472 e. The molecular formula is C27H34N4O6. The molecule has 198 valence electrons. The third kappa shape index (κ3) is 5.63. The largest absolute Gasteiger partial charge is 0.472 e. The molecule has 2 aromatic heterocycles. The molecule has 0 spiro atoms. The number of alkyl carbamates (subject to hydrolysis) is 1. The number of primary amides is 1. The van der Waals surface area contributed by atoms with Crippen LogP contribution in [0, 0.1) is 5.41 Å². The zero-order valence-electron chi connectivity index (χ0n) is 22.0. The number of hydrogen-bond acceptors (Lipinski definition) is 7. The van der Waals surface area contributed by atoms with Crippen molar-refractivity contribution in [1.29, 1.82) is 0 Å². The Hall–Kier alpha value is -3.82. The van der Waals surface area contributed by atoms with Crippen molar-refractivity contribution in [3.63, 3.8) is 0 Å². The topological polar surface area (TPSA) is 137 Å². The summed E-state index contributed by atoms with van der Waals surface area (Å²) < 4.78 is 17.1. The van der Waals surface area contributed by atoms with Gasteiger partial charge in [0.1, 0.15) is 29.4 Å². The Kier molecular flexibility index (Phi) is 6.79. The van der Waals surface area contributed by atoms with Gasteiger partial charge in [-0.2, -0.15) is 0 Å². The molecule has 0 bridgehead atoms. The number of rotatable bonds is 5. The van der Waals surface area contributed by atoms with Crippen molar-refractivity contribution in [3.8, 4) is 5.88 Å². The number of fused-ring (bicyclic) bond motifs is 3. The lowest BCUT2D eigenvalue weighted by molar-refractivity contribution is -0.141. The van der Waals surface area contributed by atoms with Gasteiger partial charge in [-0.05, 0) is 55.8 Å². The van der Waals surface area contributed by atoms with Crippen LogP contribution in [0.3, 0.4) is 0 Å². The number of aromatic nitrogens is 1. The van der Waals surface area contributed by atoms with Gasteiger partial charge in [-0.25, -0.2) is 9.78 Å². The monoisotopic (exact) mass is 510 g/mol. The van der Waals surface area contributed by atoms with Crippen LogP contribution >= 0.6 is 0 Å². The Balaban J connectivity index is 1.58. The molecule has 1 aliphatic rings. The second-order valence-corrected chi connectivity index (χ2v) is 11.4. The first-order valence-corrected chi connectivity index (χ1v) is 12.3. The molecule has 1 aliphatic heterocycles. The van der Waals surface area contributed by atoms with E-state index in [1.165, 1.54) is 4.90 Å². The molecule has 0 saturated carbocycles. The van der Waals surface area contributed by atoms with Crippen LogP contribution in [0.5, 0.6) is 5.88 Å². The van der Waals surface area contributed by atoms with Crippen LogP contribution in [0.4, 0.5) is 4.79 Å². The number of carbonyl (C=O) groups excluding carboxylic acids is 3. The molecule has 3 N–H and O–H groups in total. The molecule has 3 heterocycles. The Morgan fingerprint density at radius 2 is 1.81 bits per heavy atom. The van der Waals surface area contributed by atoms with Gasteiger partial charge in [-0.3, -0.25) is 9.59 Å². The summed E-state index contributed by atoms with van der Waals surface area (Å²) in [6.45, 7) is 10.8. The summed E-state index contributed by atoms with van der Waals surface area (Å²) in [5, 5.41) is 5.33. The fourth-order valence-corrected chi connectivity index (χ4v) is 4.57. The summed E-state index contributed by atoms with van der Waals surface area (Å²) in [7, 11) is 0. The molecular weight excluding hydrogens is 476 g/mol. The minimum absolute atomic E-state index is 0.112. The van der Waals surface area contributed by atoms with Gasteiger partial charge in [-0.1, -0.05) is 20.8 Å². The van der Waals surface area contributed by atoms with Crippen molar-refractivity contribution < 1.29 is 28.3 Å². The number of amides is 3. The average Bonchev–Trinajstić information content (AvgIpc) is 3.42. The standard InChI is InChI=1S/C27H34N4O6/c1-26(2,3)21(30-25(34)37-27(4,5)6)24(33)31-14-15(13-19(31)22(28)32)36-23-18-7-8-20-17(10-12-35-20)16(18)9-11-29-23/h7-12,15,19,21H,13-14H2,1-6H3,(H2,28,32)(H,30,34)/t15-,19+,21-/m1/s1. The molecule has 37 heavy (non-hydrogen) atoms. The molecule has 0 unspecified atom stereocenters. The zero-order chi connectivity index (χ0) is 27.1. The maximum absolute atomic E-state index is 13.7. The number of hydrogen-bond donors (Lipinski definition) is 2. The van der Waals surface area contributed by atoms with E-state index in [0.29, 0.717) is 5.88 Å². The van der Waals surface area contributed by atoms with Gasteiger partial charge in [0, 0.05) is 23.4 Å². The van der Waals surface area contributed by atoms with Gasteiger partial charge >= 0.3 is 6.09 Å². The third-order valence-electron chi connectivity index (χ3n) is 6.27. The van der Waals surface area contributed by atoms with Crippen molar-refractivity contribution in [2.24, 2.45) is 11.1 Å². The van der Waals surface area contributed by atoms with E-state index in [0.717, 1.165) is 21.7 Å². The van der Waals surface area contributed by atoms with Gasteiger partial charge in [0.2, 0.25) is 17.7 Å². The number of furan rings is 1. The molecule has 10 heteroatoms. The normalized spacial score (nSPS) is 19.1. The fourth-order valence-electron chi connectivity index (χ4n) is 4.57. The lowest BCUT2D eigenvalue weighted by Crippen LogP contribution is -2.58. The molecule has 1 fully saturated rings. The fraction of sp³-hybridized carbons (Fsp3) is 0.481. The Bertz CT molecular complexity index is 1340. The summed E-state index contributed by atoms with van der Waals surface area (Å²) in [4.78, 5) is 44.4. The van der Waals surface area contributed by atoms with Crippen LogP contribution in [-0.4, -0.2) is 58.1 Å². The first kappa shape index (κ1) is 26.2. The van der Waals surface area contributed by atoms with E-state index in [2.05, 4.69) is 10.3 Å². The molecule has 3 aromatic rings. The highest BCUT2D eigenvalue weighted by Gasteiger charge is 2.45. The summed E-state index contributed by atoms with van der Waals surface area (Å²) in [6.07, 6.45) is 2.24. The van der Waals surface area contributed by atoms with E-state index in [9.17, 15) is 14.4 Å². The van der Waals surface area contributed by atoms with Gasteiger partial charge < -0.3 is 29.8 Å². The summed E-state index contributed by atoms with van der Waals surface area (Å²) in [5.74, 6) is -0.683. The van der Waals surface area contributed by atoms with Crippen LogP contribution in [0.1, 0.15) is 48.0 Å². The van der Waals surface area contributed by atoms with Crippen LogP contribution in [0.2, 0.25) is 0 Å². The van der Waals surface area contributed by atoms with E-state index in [4.69, 9.17) is 19.6 Å². The lowest BCUT2D eigenvalue weighted by atomic mass is 9.85. The minimum atomic E-state index is -0.951. The number of likely N-dealkylation sites (tertiary alicyclic amines) is 1. The Labute approximate surface area is 215 Å². The number of carbonyl (C=O) groups is 3. The SMILES string of the molecule is CC(C)(C)OC(=O)N[C@H](C(=O)N1C[C@H](Oc2nccc3c2ccc2occc23)C[C@H]1C(N)=O)C(C)(C)C. The van der Waals surface area contributed by atoms with E-state index < -0.39 is 47.1 Å². The molecule has 0 radical (unpaired) electrons. The highest BCUT2D eigenvalue weighted by Crippen LogP contribution is 2.33. The van der Waals surface area contributed by atoms with Crippen LogP contribution < -0.4 is 15.8 Å². The number of nitrogens with two attached hydrogens (primary N) is 1. The highest BCUT2D eigenvalue weighted by molar-refractivity contribution is 6.07. The lowest BCUT2D eigenvalue weighted by Gasteiger charge is -2.35. The van der Waals surface area contributed by atoms with Crippen molar-refractivity contribution in [2.45, 2.75) is 71.8 Å². The van der Waals surface area contributed by atoms with Crippen molar-refractivity contribution >= 4 is 39.6 Å². The van der Waals surface area contributed by atoms with E-state index in [-0.39, 0.29) is 13.0 Å². The predicted molar refractivity (Wildman–Crippen MR) is 138 cm³/mol. The quantitative estimate of drug-likeness (QED) is 0.533. The van der Waals surface area contributed by atoms with Gasteiger partial charge in [0.15, 0.2) is 0 Å². The molecule has 3 amide bonds. The second-order valence-electron chi connectivity index (χ2n) is 11.4. The van der Waals surface area contributed by atoms with E-state index in [1.807, 2.05) is 45.0 Å². The summed E-state index contributed by atoms with van der Waals surface area (Å²) in [5.41, 5.74) is 5.05. The van der Waals surface area contributed by atoms with Crippen LogP contribution in [0.15, 0.2) is 41.1 Å². The van der Waals surface area contributed by atoms with Crippen molar-refractivity contribution in [1.82, 2.24) is 15.2 Å². The highest BCUT2D eigenvalue weighted by atomic mass is 16.6. The first-order chi connectivity index (χ1) is 17.2. The predicted octanol–water partition coefficient (Wildman–Crippen LogP) is 3.75. The molecule has 10 nitrogen and oxygen atoms in total. The number of nitrogens with one attached hydrogen (secondary N) is 1. The van der Waals surface area contributed by atoms with E-state index >= 15 is 0 Å². The second kappa shape index (κ2) is 9.57. The number of nitrogens with zero attached hydrogens (tertiary/aromatic N) is 2. The van der Waals surface area contributed by atoms with E-state index in [1.54, 1.807) is 33.2 Å². The van der Waals surface area contributed by atoms with Crippen molar-refractivity contribution in [2.75, 3.05) is 6.54 Å². The average molecular weight is 511 g/mol. The van der Waals surface area contributed by atoms with Gasteiger partial charge in [-0.15, -0.1) is 0 Å². The van der Waals surface area contributed by atoms with Crippen LogP contribution in [-0.2, 0) is 14.3 Å². The van der Waals surface area contributed by atoms with Crippen LogP contribution in [0.25, 0.3) is 21.7 Å². The molecule has 1 aromatic carbocycles.